The normalized spacial score (nSPS) is 33.4. The summed E-state index contributed by atoms with van der Waals surface area (Å²) < 4.78 is 0. The third kappa shape index (κ3) is 2.35. The molecule has 0 saturated carbocycles. The van der Waals surface area contributed by atoms with Crippen LogP contribution in [0.2, 0.25) is 5.02 Å². The van der Waals surface area contributed by atoms with Crippen molar-refractivity contribution in [3.8, 4) is 0 Å². The zero-order valence-electron chi connectivity index (χ0n) is 11.5. The summed E-state index contributed by atoms with van der Waals surface area (Å²) in [5.41, 5.74) is 8.35. The van der Waals surface area contributed by atoms with Gasteiger partial charge in [-0.15, -0.1) is 0 Å². The Kier molecular flexibility index (Phi) is 3.46. The van der Waals surface area contributed by atoms with Gasteiger partial charge in [-0.25, -0.2) is 0 Å². The standard InChI is InChI=1S/C15H22ClN3/c1-11-2-3-13(8-14(11)16)18-15(9-17)10-19-6-4-12(15)5-7-19/h2-3,8,12,18H,4-7,9-10,17H2,1H3. The Hall–Kier alpha value is -0.770. The third-order valence-electron chi connectivity index (χ3n) is 4.80. The molecule has 1 unspecified atom stereocenters. The number of nitrogens with two attached hydrogens (primary N) is 1. The van der Waals surface area contributed by atoms with Crippen LogP contribution in [0.25, 0.3) is 0 Å². The van der Waals surface area contributed by atoms with Gasteiger partial charge >= 0.3 is 0 Å². The summed E-state index contributed by atoms with van der Waals surface area (Å²) in [4.78, 5) is 2.52. The van der Waals surface area contributed by atoms with Crippen molar-refractivity contribution in [2.24, 2.45) is 11.7 Å². The second-order valence-electron chi connectivity index (χ2n) is 6.00. The van der Waals surface area contributed by atoms with E-state index in [9.17, 15) is 0 Å². The van der Waals surface area contributed by atoms with Crippen molar-refractivity contribution in [3.63, 3.8) is 0 Å². The number of piperidine rings is 3. The van der Waals surface area contributed by atoms with Gasteiger partial charge in [0.15, 0.2) is 0 Å². The molecule has 3 saturated heterocycles. The van der Waals surface area contributed by atoms with Gasteiger partial charge in [-0.05, 0) is 56.5 Å². The summed E-state index contributed by atoms with van der Waals surface area (Å²) >= 11 is 6.22. The quantitative estimate of drug-likeness (QED) is 0.893. The first kappa shape index (κ1) is 13.2. The molecule has 3 nitrogen and oxygen atoms in total. The fraction of sp³-hybridized carbons (Fsp3) is 0.600. The number of hydrogen-bond donors (Lipinski definition) is 2. The van der Waals surface area contributed by atoms with E-state index in [4.69, 9.17) is 17.3 Å². The van der Waals surface area contributed by atoms with Crippen molar-refractivity contribution in [1.29, 1.82) is 0 Å². The molecule has 3 heterocycles. The lowest BCUT2D eigenvalue weighted by atomic mass is 9.72. The van der Waals surface area contributed by atoms with Crippen molar-refractivity contribution >= 4 is 17.3 Å². The number of rotatable bonds is 3. The van der Waals surface area contributed by atoms with Gasteiger partial charge in [0, 0.05) is 23.8 Å². The minimum Gasteiger partial charge on any atom is -0.377 e. The van der Waals surface area contributed by atoms with Crippen molar-refractivity contribution in [1.82, 2.24) is 4.90 Å². The molecule has 0 aliphatic carbocycles. The Bertz CT molecular complexity index is 468. The lowest BCUT2D eigenvalue weighted by molar-refractivity contribution is 0.0449. The second kappa shape index (κ2) is 4.97. The van der Waals surface area contributed by atoms with E-state index in [2.05, 4.69) is 22.3 Å². The number of hydrogen-bond acceptors (Lipinski definition) is 3. The summed E-state index contributed by atoms with van der Waals surface area (Å²) in [6.07, 6.45) is 2.51. The minimum absolute atomic E-state index is 0.0229. The molecule has 3 aliphatic heterocycles. The molecule has 1 aromatic carbocycles. The van der Waals surface area contributed by atoms with Crippen LogP contribution >= 0.6 is 11.6 Å². The Morgan fingerprint density at radius 3 is 2.68 bits per heavy atom. The molecule has 0 spiro atoms. The van der Waals surface area contributed by atoms with Crippen LogP contribution in [-0.2, 0) is 0 Å². The highest BCUT2D eigenvalue weighted by atomic mass is 35.5. The maximum atomic E-state index is 6.22. The minimum atomic E-state index is 0.0229. The summed E-state index contributed by atoms with van der Waals surface area (Å²) in [7, 11) is 0. The molecule has 0 aromatic heterocycles. The van der Waals surface area contributed by atoms with Gasteiger partial charge < -0.3 is 16.0 Å². The molecule has 0 amide bonds. The number of aryl methyl sites for hydroxylation is 1. The van der Waals surface area contributed by atoms with E-state index in [1.165, 1.54) is 25.9 Å². The number of anilines is 1. The third-order valence-corrected chi connectivity index (χ3v) is 5.21. The van der Waals surface area contributed by atoms with Crippen molar-refractivity contribution in [3.05, 3.63) is 28.8 Å². The van der Waals surface area contributed by atoms with E-state index in [1.54, 1.807) is 0 Å². The van der Waals surface area contributed by atoms with E-state index in [0.717, 1.165) is 22.8 Å². The Morgan fingerprint density at radius 2 is 2.16 bits per heavy atom. The van der Waals surface area contributed by atoms with E-state index in [-0.39, 0.29) is 5.54 Å². The van der Waals surface area contributed by atoms with Gasteiger partial charge in [-0.2, -0.15) is 0 Å². The molecule has 3 N–H and O–H groups in total. The molecule has 4 heteroatoms. The molecule has 104 valence electrons. The molecular weight excluding hydrogens is 258 g/mol. The summed E-state index contributed by atoms with van der Waals surface area (Å²) in [6, 6.07) is 6.19. The van der Waals surface area contributed by atoms with Gasteiger partial charge in [0.25, 0.3) is 0 Å². The number of halogens is 1. The van der Waals surface area contributed by atoms with Crippen LogP contribution in [0, 0.1) is 12.8 Å². The first-order valence-electron chi connectivity index (χ1n) is 7.10. The lowest BCUT2D eigenvalue weighted by Gasteiger charge is -2.53. The predicted octanol–water partition coefficient (Wildman–Crippen LogP) is 2.48. The molecular formula is C15H22ClN3. The molecule has 0 radical (unpaired) electrons. The smallest absolute Gasteiger partial charge is 0.0651 e. The first-order chi connectivity index (χ1) is 9.13. The van der Waals surface area contributed by atoms with Crippen LogP contribution in [-0.4, -0.2) is 36.6 Å². The summed E-state index contributed by atoms with van der Waals surface area (Å²) in [5, 5.41) is 4.51. The summed E-state index contributed by atoms with van der Waals surface area (Å²) in [5.74, 6) is 0.683. The highest BCUT2D eigenvalue weighted by molar-refractivity contribution is 6.31. The number of nitrogens with one attached hydrogen (secondary N) is 1. The molecule has 2 bridgehead atoms. The molecule has 3 aliphatic rings. The van der Waals surface area contributed by atoms with E-state index < -0.39 is 0 Å². The second-order valence-corrected chi connectivity index (χ2v) is 6.41. The number of fused-ring (bicyclic) bond motifs is 3. The SMILES string of the molecule is Cc1ccc(NC2(CN)CN3CCC2CC3)cc1Cl. The van der Waals surface area contributed by atoms with Crippen LogP contribution in [0.1, 0.15) is 18.4 Å². The summed E-state index contributed by atoms with van der Waals surface area (Å²) in [6.45, 7) is 6.21. The molecule has 1 aromatic rings. The molecule has 1 atom stereocenters. The fourth-order valence-corrected chi connectivity index (χ4v) is 3.73. The monoisotopic (exact) mass is 279 g/mol. The molecule has 19 heavy (non-hydrogen) atoms. The van der Waals surface area contributed by atoms with E-state index >= 15 is 0 Å². The van der Waals surface area contributed by atoms with Crippen molar-refractivity contribution < 1.29 is 0 Å². The maximum absolute atomic E-state index is 6.22. The van der Waals surface area contributed by atoms with E-state index in [1.807, 2.05) is 13.0 Å². The molecule has 3 fully saturated rings. The zero-order chi connectivity index (χ0) is 13.5. The Morgan fingerprint density at radius 1 is 1.42 bits per heavy atom. The van der Waals surface area contributed by atoms with Crippen LogP contribution in [0.5, 0.6) is 0 Å². The van der Waals surface area contributed by atoms with Crippen LogP contribution < -0.4 is 11.1 Å². The van der Waals surface area contributed by atoms with Gasteiger partial charge in [-0.1, -0.05) is 17.7 Å². The van der Waals surface area contributed by atoms with Crippen LogP contribution in [0.15, 0.2) is 18.2 Å². The average Bonchev–Trinajstić information content (AvgIpc) is 2.44. The largest absolute Gasteiger partial charge is 0.377 e. The predicted molar refractivity (Wildman–Crippen MR) is 80.8 cm³/mol. The van der Waals surface area contributed by atoms with Gasteiger partial charge in [0.2, 0.25) is 0 Å². The molecule has 4 rings (SSSR count). The average molecular weight is 280 g/mol. The topological polar surface area (TPSA) is 41.3 Å². The number of nitrogens with zero attached hydrogens (tertiary/aromatic N) is 1. The highest BCUT2D eigenvalue weighted by Crippen LogP contribution is 2.37. The van der Waals surface area contributed by atoms with Crippen molar-refractivity contribution in [2.75, 3.05) is 31.5 Å². The van der Waals surface area contributed by atoms with Gasteiger partial charge in [0.05, 0.1) is 5.54 Å². The van der Waals surface area contributed by atoms with Crippen molar-refractivity contribution in [2.45, 2.75) is 25.3 Å². The lowest BCUT2D eigenvalue weighted by Crippen LogP contribution is -2.66. The van der Waals surface area contributed by atoms with Crippen LogP contribution in [0.4, 0.5) is 5.69 Å². The Balaban J connectivity index is 1.85. The number of benzene rings is 1. The van der Waals surface area contributed by atoms with E-state index in [0.29, 0.717) is 12.5 Å². The first-order valence-corrected chi connectivity index (χ1v) is 7.47. The maximum Gasteiger partial charge on any atom is 0.0651 e. The Labute approximate surface area is 120 Å². The highest BCUT2D eigenvalue weighted by Gasteiger charge is 2.45. The van der Waals surface area contributed by atoms with Gasteiger partial charge in [0.1, 0.15) is 0 Å². The van der Waals surface area contributed by atoms with Crippen LogP contribution in [0.3, 0.4) is 0 Å². The van der Waals surface area contributed by atoms with Gasteiger partial charge in [-0.3, -0.25) is 0 Å². The zero-order valence-corrected chi connectivity index (χ0v) is 12.2. The fourth-order valence-electron chi connectivity index (χ4n) is 3.55.